The normalized spacial score (nSPS) is 21.7. The number of amides is 2. The minimum Gasteiger partial charge on any atom is -0.445 e. The van der Waals surface area contributed by atoms with Crippen LogP contribution in [0.5, 0.6) is 0 Å². The van der Waals surface area contributed by atoms with Crippen LogP contribution in [0.4, 0.5) is 4.79 Å². The molecule has 0 radical (unpaired) electrons. The number of nitrogens with one attached hydrogen (secondary N) is 2. The average Bonchev–Trinajstić information content (AvgIpc) is 2.41. The Balaban J connectivity index is 1.77. The zero-order valence-electron chi connectivity index (χ0n) is 9.88. The topological polar surface area (TPSA) is 76.7 Å². The molecule has 18 heavy (non-hydrogen) atoms. The summed E-state index contributed by atoms with van der Waals surface area (Å²) in [6, 6.07) is 8.61. The first-order valence-corrected chi connectivity index (χ1v) is 5.51. The maximum absolute atomic E-state index is 11.5. The summed E-state index contributed by atoms with van der Waals surface area (Å²) in [5.74, 6) is -0.279. The van der Waals surface area contributed by atoms with E-state index in [4.69, 9.17) is 9.47 Å². The van der Waals surface area contributed by atoms with Crippen LogP contribution in [0, 0.1) is 0 Å². The van der Waals surface area contributed by atoms with Crippen molar-refractivity contribution in [2.75, 3.05) is 7.11 Å². The number of ether oxygens (including phenoxy) is 2. The Labute approximate surface area is 104 Å². The van der Waals surface area contributed by atoms with Crippen molar-refractivity contribution in [1.82, 2.24) is 10.6 Å². The van der Waals surface area contributed by atoms with Gasteiger partial charge in [0.05, 0.1) is 0 Å². The van der Waals surface area contributed by atoms with Gasteiger partial charge in [-0.3, -0.25) is 4.79 Å². The number of benzene rings is 1. The van der Waals surface area contributed by atoms with Crippen molar-refractivity contribution in [2.45, 2.75) is 18.9 Å². The lowest BCUT2D eigenvalue weighted by Gasteiger charge is -2.35. The molecule has 0 aliphatic carbocycles. The third-order valence-electron chi connectivity index (χ3n) is 2.61. The summed E-state index contributed by atoms with van der Waals surface area (Å²) in [5.41, 5.74) is 0.883. The van der Waals surface area contributed by atoms with Gasteiger partial charge in [0, 0.05) is 7.11 Å². The van der Waals surface area contributed by atoms with Crippen LogP contribution in [0.25, 0.3) is 0 Å². The van der Waals surface area contributed by atoms with Crippen molar-refractivity contribution in [3.8, 4) is 0 Å². The highest BCUT2D eigenvalue weighted by Crippen LogP contribution is 2.07. The van der Waals surface area contributed by atoms with Crippen molar-refractivity contribution in [3.05, 3.63) is 35.9 Å². The SMILES string of the molecule is CO[C@@H]1NC(=O)[C@H]1NC(=O)OCc1ccccc1. The van der Waals surface area contributed by atoms with E-state index in [1.54, 1.807) is 0 Å². The van der Waals surface area contributed by atoms with Crippen LogP contribution in [0.2, 0.25) is 0 Å². The van der Waals surface area contributed by atoms with Crippen LogP contribution >= 0.6 is 0 Å². The molecular formula is C12H14N2O4. The molecular weight excluding hydrogens is 236 g/mol. The monoisotopic (exact) mass is 250 g/mol. The van der Waals surface area contributed by atoms with Crippen LogP contribution in [-0.2, 0) is 20.9 Å². The Hall–Kier alpha value is -2.08. The number of carbonyl (C=O) groups is 2. The second kappa shape index (κ2) is 5.50. The number of hydrogen-bond donors (Lipinski definition) is 2. The van der Waals surface area contributed by atoms with Crippen LogP contribution in [0.15, 0.2) is 30.3 Å². The zero-order chi connectivity index (χ0) is 13.0. The molecule has 1 heterocycles. The molecule has 2 rings (SSSR count). The molecule has 0 saturated carbocycles. The van der Waals surface area contributed by atoms with Crippen molar-refractivity contribution in [3.63, 3.8) is 0 Å². The second-order valence-corrected chi connectivity index (χ2v) is 3.85. The summed E-state index contributed by atoms with van der Waals surface area (Å²) in [7, 11) is 1.45. The first kappa shape index (κ1) is 12.4. The summed E-state index contributed by atoms with van der Waals surface area (Å²) in [6.07, 6.45) is -1.12. The van der Waals surface area contributed by atoms with Gasteiger partial charge < -0.3 is 20.1 Å². The van der Waals surface area contributed by atoms with E-state index in [1.165, 1.54) is 7.11 Å². The van der Waals surface area contributed by atoms with Crippen molar-refractivity contribution >= 4 is 12.0 Å². The molecule has 2 N–H and O–H groups in total. The molecule has 0 spiro atoms. The van der Waals surface area contributed by atoms with Crippen LogP contribution in [0.1, 0.15) is 5.56 Å². The van der Waals surface area contributed by atoms with E-state index in [0.29, 0.717) is 0 Å². The lowest BCUT2D eigenvalue weighted by molar-refractivity contribution is -0.143. The number of β-lactam (4-membered cyclic amide) rings is 1. The first-order valence-electron chi connectivity index (χ1n) is 5.51. The van der Waals surface area contributed by atoms with Gasteiger partial charge in [0.2, 0.25) is 5.91 Å². The number of alkyl carbamates (subject to hydrolysis) is 1. The van der Waals surface area contributed by atoms with Crippen molar-refractivity contribution in [1.29, 1.82) is 0 Å². The van der Waals surface area contributed by atoms with E-state index in [1.807, 2.05) is 30.3 Å². The fourth-order valence-corrected chi connectivity index (χ4v) is 1.58. The minimum absolute atomic E-state index is 0.165. The van der Waals surface area contributed by atoms with E-state index in [0.717, 1.165) is 5.56 Å². The van der Waals surface area contributed by atoms with Gasteiger partial charge in [-0.1, -0.05) is 30.3 Å². The van der Waals surface area contributed by atoms with Crippen LogP contribution in [0.3, 0.4) is 0 Å². The molecule has 6 nitrogen and oxygen atoms in total. The zero-order valence-corrected chi connectivity index (χ0v) is 9.88. The summed E-state index contributed by atoms with van der Waals surface area (Å²) in [6.45, 7) is 0.165. The van der Waals surface area contributed by atoms with Gasteiger partial charge >= 0.3 is 6.09 Å². The van der Waals surface area contributed by atoms with E-state index in [2.05, 4.69) is 10.6 Å². The molecule has 1 aliphatic heterocycles. The molecule has 2 atom stereocenters. The fraction of sp³-hybridized carbons (Fsp3) is 0.333. The van der Waals surface area contributed by atoms with E-state index < -0.39 is 18.4 Å². The number of carbonyl (C=O) groups excluding carboxylic acids is 2. The smallest absolute Gasteiger partial charge is 0.408 e. The quantitative estimate of drug-likeness (QED) is 0.758. The first-order chi connectivity index (χ1) is 8.70. The highest BCUT2D eigenvalue weighted by Gasteiger charge is 2.41. The lowest BCUT2D eigenvalue weighted by atomic mass is 10.1. The molecule has 0 unspecified atom stereocenters. The second-order valence-electron chi connectivity index (χ2n) is 3.85. The predicted molar refractivity (Wildman–Crippen MR) is 62.5 cm³/mol. The molecule has 0 aromatic heterocycles. The van der Waals surface area contributed by atoms with Gasteiger partial charge in [-0.25, -0.2) is 4.79 Å². The summed E-state index contributed by atoms with van der Waals surface area (Å²) < 4.78 is 9.92. The Kier molecular flexibility index (Phi) is 3.78. The third kappa shape index (κ3) is 2.78. The van der Waals surface area contributed by atoms with E-state index >= 15 is 0 Å². The lowest BCUT2D eigenvalue weighted by Crippen LogP contribution is -2.69. The van der Waals surface area contributed by atoms with E-state index in [9.17, 15) is 9.59 Å². The Morgan fingerprint density at radius 3 is 2.72 bits per heavy atom. The predicted octanol–water partition coefficient (Wildman–Crippen LogP) is 0.384. The maximum atomic E-state index is 11.5. The van der Waals surface area contributed by atoms with Gasteiger partial charge in [-0.15, -0.1) is 0 Å². The minimum atomic E-state index is -0.682. The molecule has 1 saturated heterocycles. The molecule has 1 aromatic rings. The van der Waals surface area contributed by atoms with Crippen molar-refractivity contribution < 1.29 is 19.1 Å². The maximum Gasteiger partial charge on any atom is 0.408 e. The molecule has 96 valence electrons. The molecule has 1 aromatic carbocycles. The number of methoxy groups -OCH3 is 1. The number of hydrogen-bond acceptors (Lipinski definition) is 4. The van der Waals surface area contributed by atoms with Crippen LogP contribution in [-0.4, -0.2) is 31.4 Å². The summed E-state index contributed by atoms with van der Waals surface area (Å²) in [4.78, 5) is 22.6. The summed E-state index contributed by atoms with van der Waals surface area (Å²) in [5, 5.41) is 4.93. The largest absolute Gasteiger partial charge is 0.445 e. The number of rotatable bonds is 4. The summed E-state index contributed by atoms with van der Waals surface area (Å²) >= 11 is 0. The van der Waals surface area contributed by atoms with Gasteiger partial charge in [0.1, 0.15) is 6.61 Å². The fourth-order valence-electron chi connectivity index (χ4n) is 1.58. The molecule has 0 bridgehead atoms. The Bertz CT molecular complexity index is 435. The third-order valence-corrected chi connectivity index (χ3v) is 2.61. The highest BCUT2D eigenvalue weighted by molar-refractivity contribution is 5.91. The molecule has 1 aliphatic rings. The Morgan fingerprint density at radius 2 is 2.11 bits per heavy atom. The molecule has 1 fully saturated rings. The van der Waals surface area contributed by atoms with Gasteiger partial charge in [-0.2, -0.15) is 0 Å². The van der Waals surface area contributed by atoms with Crippen molar-refractivity contribution in [2.24, 2.45) is 0 Å². The Morgan fingerprint density at radius 1 is 1.39 bits per heavy atom. The van der Waals surface area contributed by atoms with Gasteiger partial charge in [0.25, 0.3) is 0 Å². The van der Waals surface area contributed by atoms with Gasteiger partial charge in [0.15, 0.2) is 12.3 Å². The standard InChI is InChI=1S/C12H14N2O4/c1-17-11-9(10(15)14-11)13-12(16)18-7-8-5-3-2-4-6-8/h2-6,9,11H,7H2,1H3,(H,13,16)(H,14,15)/t9-,11+/m1/s1. The molecule has 2 amide bonds. The van der Waals surface area contributed by atoms with Crippen LogP contribution < -0.4 is 10.6 Å². The highest BCUT2D eigenvalue weighted by atomic mass is 16.5. The van der Waals surface area contributed by atoms with Gasteiger partial charge in [-0.05, 0) is 5.56 Å². The van der Waals surface area contributed by atoms with E-state index in [-0.39, 0.29) is 12.5 Å². The average molecular weight is 250 g/mol. The molecule has 6 heteroatoms.